The third kappa shape index (κ3) is 8.19. The zero-order chi connectivity index (χ0) is 67.1. The Morgan fingerprint density at radius 1 is 0.297 bits per heavy atom. The van der Waals surface area contributed by atoms with Crippen molar-refractivity contribution in [1.29, 1.82) is 5.26 Å². The lowest BCUT2D eigenvalue weighted by molar-refractivity contribution is 0.662. The normalized spacial score (nSPS) is 13.5. The summed E-state index contributed by atoms with van der Waals surface area (Å²) >= 11 is 0. The van der Waals surface area contributed by atoms with Gasteiger partial charge in [-0.2, -0.15) is 5.26 Å². The van der Waals surface area contributed by atoms with Crippen molar-refractivity contribution in [2.24, 2.45) is 0 Å². The maximum atomic E-state index is 10.2. The van der Waals surface area contributed by atoms with Crippen LogP contribution in [0.5, 0.6) is 0 Å². The van der Waals surface area contributed by atoms with Gasteiger partial charge in [0.1, 0.15) is 0 Å². The summed E-state index contributed by atoms with van der Waals surface area (Å²) in [5, 5.41) is 26.5. The number of nitrogens with zero attached hydrogens (tertiary/aromatic N) is 7. The molecule has 0 radical (unpaired) electrons. The van der Waals surface area contributed by atoms with Gasteiger partial charge in [-0.05, 0) is 229 Å². The number of nitriles is 1. The maximum Gasteiger partial charge on any atom is 0.0992 e. The molecule has 4 heterocycles. The van der Waals surface area contributed by atoms with Crippen molar-refractivity contribution >= 4 is 143 Å². The first kappa shape index (κ1) is 57.1. The molecule has 7 nitrogen and oxygen atoms in total. The molecule has 0 saturated heterocycles. The predicted octanol–water partition coefficient (Wildman–Crippen LogP) is 24.7. The largest absolute Gasteiger partial charge is 0.310 e. The number of rotatable bonds is 10. The van der Waals surface area contributed by atoms with E-state index < -0.39 is 0 Å². The molecule has 4 aromatic heterocycles. The Morgan fingerprint density at radius 2 is 0.703 bits per heavy atom. The molecular weight excluding hydrogens is 1230 g/mol. The predicted molar refractivity (Wildman–Crippen MR) is 421 cm³/mol. The minimum absolute atomic E-state index is 0.183. The van der Waals surface area contributed by atoms with Gasteiger partial charge in [0.2, 0.25) is 0 Å². The van der Waals surface area contributed by atoms with Crippen molar-refractivity contribution in [3.05, 3.63) is 337 Å². The molecule has 0 saturated carbocycles. The molecule has 2 aliphatic carbocycles. The van der Waals surface area contributed by atoms with Crippen LogP contribution in [0, 0.1) is 11.3 Å². The van der Waals surface area contributed by atoms with Crippen LogP contribution in [0.25, 0.3) is 137 Å². The van der Waals surface area contributed by atoms with Crippen molar-refractivity contribution in [3.8, 4) is 34.4 Å². The minimum atomic E-state index is -0.192. The SMILES string of the molecule is CC1(C)c2cccc3ccc4cc(N(c5ccc(-n6c7ccccc7c7ccccc76)cc5)c5ccc(-n6c7ccccc7c7cc(-c8ccc9c(n8)c8ccccc8n9-c8ccc(N(c9cccc(C#N)c9)c9cc%10c%11c(ccc%12cccc(c%12%11)C%10(C)C)c9)cc8)ccc76)cc5)cc1c4c23. The van der Waals surface area contributed by atoms with Crippen LogP contribution in [0.4, 0.5) is 34.1 Å². The van der Waals surface area contributed by atoms with Crippen molar-refractivity contribution in [3.63, 3.8) is 0 Å². The van der Waals surface area contributed by atoms with Crippen molar-refractivity contribution in [1.82, 2.24) is 18.7 Å². The second-order valence-corrected chi connectivity index (χ2v) is 28.6. The van der Waals surface area contributed by atoms with E-state index in [1.807, 2.05) is 18.2 Å². The van der Waals surface area contributed by atoms with Crippen LogP contribution in [0.3, 0.4) is 0 Å². The van der Waals surface area contributed by atoms with Crippen LogP contribution < -0.4 is 9.80 Å². The number of para-hydroxylation sites is 4. The summed E-state index contributed by atoms with van der Waals surface area (Å²) in [6.07, 6.45) is 0. The fourth-order valence-corrected chi connectivity index (χ4v) is 17.8. The van der Waals surface area contributed by atoms with Crippen LogP contribution in [-0.4, -0.2) is 18.7 Å². The lowest BCUT2D eigenvalue weighted by Crippen LogP contribution is -2.17. The molecule has 0 fully saturated rings. The first-order chi connectivity index (χ1) is 49.5. The Morgan fingerprint density at radius 3 is 1.21 bits per heavy atom. The van der Waals surface area contributed by atoms with Crippen LogP contribution in [0.15, 0.2) is 309 Å². The van der Waals surface area contributed by atoms with E-state index in [-0.39, 0.29) is 10.8 Å². The molecule has 15 aromatic carbocycles. The summed E-state index contributed by atoms with van der Waals surface area (Å²) in [6, 6.07) is 116. The fraction of sp³-hybridized carbons (Fsp3) is 0.0638. The van der Waals surface area contributed by atoms with Crippen LogP contribution >= 0.6 is 0 Å². The van der Waals surface area contributed by atoms with Crippen molar-refractivity contribution in [2.75, 3.05) is 9.80 Å². The quantitative estimate of drug-likeness (QED) is 0.128. The molecule has 2 aliphatic rings. The van der Waals surface area contributed by atoms with Gasteiger partial charge in [-0.25, -0.2) is 4.98 Å². The molecule has 0 atom stereocenters. The van der Waals surface area contributed by atoms with Gasteiger partial charge < -0.3 is 23.5 Å². The molecule has 0 spiro atoms. The van der Waals surface area contributed by atoms with Crippen LogP contribution in [0.2, 0.25) is 0 Å². The number of benzene rings is 15. The molecule has 7 heteroatoms. The highest BCUT2D eigenvalue weighted by Gasteiger charge is 2.37. The maximum absolute atomic E-state index is 10.2. The van der Waals surface area contributed by atoms with Crippen molar-refractivity contribution in [2.45, 2.75) is 38.5 Å². The number of anilines is 6. The average Bonchev–Trinajstić information content (AvgIpc) is 1.57. The lowest BCUT2D eigenvalue weighted by Gasteiger charge is -2.29. The van der Waals surface area contributed by atoms with E-state index >= 15 is 0 Å². The second-order valence-electron chi connectivity index (χ2n) is 28.6. The van der Waals surface area contributed by atoms with E-state index in [1.165, 1.54) is 92.5 Å². The highest BCUT2D eigenvalue weighted by atomic mass is 15.2. The monoisotopic (exact) mass is 1290 g/mol. The van der Waals surface area contributed by atoms with E-state index in [2.05, 4.69) is 348 Å². The van der Waals surface area contributed by atoms with Crippen LogP contribution in [-0.2, 0) is 10.8 Å². The summed E-state index contributed by atoms with van der Waals surface area (Å²) in [6.45, 7) is 9.46. The second kappa shape index (κ2) is 21.0. The van der Waals surface area contributed by atoms with Gasteiger partial charge in [0.25, 0.3) is 0 Å². The zero-order valence-corrected chi connectivity index (χ0v) is 56.1. The first-order valence-corrected chi connectivity index (χ1v) is 34.9. The molecule has 0 aliphatic heterocycles. The zero-order valence-electron chi connectivity index (χ0n) is 56.1. The number of aromatic nitrogens is 4. The number of hydrogen-bond donors (Lipinski definition) is 0. The van der Waals surface area contributed by atoms with Gasteiger partial charge in [0.05, 0.1) is 55.9 Å². The van der Waals surface area contributed by atoms with Gasteiger partial charge in [-0.15, -0.1) is 0 Å². The topological polar surface area (TPSA) is 58.0 Å². The lowest BCUT2D eigenvalue weighted by atomic mass is 9.81. The highest BCUT2D eigenvalue weighted by molar-refractivity contribution is 6.18. The van der Waals surface area contributed by atoms with Gasteiger partial charge in [0, 0.05) is 94.5 Å². The van der Waals surface area contributed by atoms with E-state index in [0.717, 1.165) is 101 Å². The smallest absolute Gasteiger partial charge is 0.0992 e. The standard InChI is InChI=1S/C94H63N7/c1-93(2)77-24-14-17-58-30-32-61-51-70(54-79(93)90(61)88(58)77)97(63-35-41-66(42-36-63)99-82-26-9-5-20-72(82)73-21-6-10-27-83(73)99)64-37-43-67(44-38-64)100-84-28-11-7-22-74(84)76-53-60(34-48-86(76)100)81-47-49-87-92(96-81)75-23-8-12-29-85(75)101(87)68-45-39-65(40-46-68)98(69-19-13-16-57(50-69)56-95)71-52-62-33-31-59-18-15-25-78-89(59)91(62)80(55-71)94(78,3)4/h5-55H,1-4H3. The Kier molecular flexibility index (Phi) is 11.9. The van der Waals surface area contributed by atoms with E-state index in [9.17, 15) is 5.26 Å². The molecule has 19 aromatic rings. The third-order valence-corrected chi connectivity index (χ3v) is 22.5. The molecule has 21 rings (SSSR count). The van der Waals surface area contributed by atoms with Crippen molar-refractivity contribution < 1.29 is 0 Å². The summed E-state index contributed by atoms with van der Waals surface area (Å²) in [5.74, 6) is 0. The third-order valence-electron chi connectivity index (χ3n) is 22.5. The van der Waals surface area contributed by atoms with Gasteiger partial charge in [-0.1, -0.05) is 173 Å². The molecule has 0 amide bonds. The molecule has 474 valence electrons. The van der Waals surface area contributed by atoms with Crippen LogP contribution in [0.1, 0.15) is 55.5 Å². The fourth-order valence-electron chi connectivity index (χ4n) is 17.8. The molecule has 0 unspecified atom stereocenters. The summed E-state index contributed by atoms with van der Waals surface area (Å²) < 4.78 is 7.15. The number of pyridine rings is 1. The van der Waals surface area contributed by atoms with Gasteiger partial charge in [-0.3, -0.25) is 0 Å². The highest BCUT2D eigenvalue weighted by Crippen LogP contribution is 2.54. The molecule has 0 bridgehead atoms. The summed E-state index contributed by atoms with van der Waals surface area (Å²) in [7, 11) is 0. The molecule has 101 heavy (non-hydrogen) atoms. The Labute approximate surface area is 583 Å². The summed E-state index contributed by atoms with van der Waals surface area (Å²) in [4.78, 5) is 10.3. The molecule has 0 N–H and O–H groups in total. The first-order valence-electron chi connectivity index (χ1n) is 34.9. The molecular formula is C94H63N7. The number of fused-ring (bicyclic) bond motifs is 9. The Hall–Kier alpha value is -13.0. The number of hydrogen-bond acceptors (Lipinski definition) is 4. The van der Waals surface area contributed by atoms with Gasteiger partial charge >= 0.3 is 0 Å². The van der Waals surface area contributed by atoms with E-state index in [0.29, 0.717) is 5.56 Å². The minimum Gasteiger partial charge on any atom is -0.310 e. The van der Waals surface area contributed by atoms with E-state index in [1.54, 1.807) is 0 Å². The van der Waals surface area contributed by atoms with E-state index in [4.69, 9.17) is 4.98 Å². The average molecular weight is 1290 g/mol. The summed E-state index contributed by atoms with van der Waals surface area (Å²) in [5.41, 5.74) is 24.8. The van der Waals surface area contributed by atoms with Gasteiger partial charge in [0.15, 0.2) is 0 Å². The Bertz CT molecular complexity index is 6780. The Balaban J connectivity index is 0.644.